The number of aryl methyl sites for hydroxylation is 1. The third-order valence-corrected chi connectivity index (χ3v) is 5.40. The summed E-state index contributed by atoms with van der Waals surface area (Å²) in [6.45, 7) is 7.43. The van der Waals surface area contributed by atoms with Crippen LogP contribution >= 0.6 is 0 Å². The van der Waals surface area contributed by atoms with Gasteiger partial charge in [0.25, 0.3) is 0 Å². The summed E-state index contributed by atoms with van der Waals surface area (Å²) in [6.07, 6.45) is 0. The lowest BCUT2D eigenvalue weighted by Gasteiger charge is -2.30. The van der Waals surface area contributed by atoms with Crippen molar-refractivity contribution in [2.75, 3.05) is 5.75 Å². The number of carboxylic acid groups (broad SMARTS) is 1. The Kier molecular flexibility index (Phi) is 4.86. The molecule has 22 heavy (non-hydrogen) atoms. The second-order valence-corrected chi connectivity index (χ2v) is 7.14. The summed E-state index contributed by atoms with van der Waals surface area (Å²) in [7, 11) is -1.21. The van der Waals surface area contributed by atoms with Gasteiger partial charge >= 0.3 is 5.97 Å². The molecule has 0 saturated carbocycles. The number of allylic oxidation sites excluding steroid dienone is 3. The second kappa shape index (κ2) is 6.48. The largest absolute Gasteiger partial charge is 0.478 e. The first kappa shape index (κ1) is 16.5. The minimum Gasteiger partial charge on any atom is -0.478 e. The lowest BCUT2D eigenvalue weighted by molar-refractivity contribution is -0.133. The second-order valence-electron chi connectivity index (χ2n) is 5.44. The number of rotatable bonds is 4. The molecule has 0 aliphatic carbocycles. The number of carboxylic acids is 1. The maximum Gasteiger partial charge on any atom is 0.334 e. The molecule has 0 aromatic heterocycles. The molecule has 0 fully saturated rings. The van der Waals surface area contributed by atoms with E-state index >= 15 is 0 Å². The topological polar surface area (TPSA) is 66.4 Å². The number of hydrogen-bond acceptors (Lipinski definition) is 3. The molecular formula is C17H21NO3S. The average molecular weight is 319 g/mol. The van der Waals surface area contributed by atoms with Crippen LogP contribution in [0.4, 0.5) is 0 Å². The van der Waals surface area contributed by atoms with Crippen LogP contribution in [0.2, 0.25) is 0 Å². The fourth-order valence-electron chi connectivity index (χ4n) is 2.79. The highest BCUT2D eigenvalue weighted by Gasteiger charge is 2.35. The molecule has 118 valence electrons. The van der Waals surface area contributed by atoms with Gasteiger partial charge in [-0.3, -0.25) is 4.21 Å². The van der Waals surface area contributed by atoms with Crippen molar-refractivity contribution < 1.29 is 14.1 Å². The molecule has 4 nitrogen and oxygen atoms in total. The van der Waals surface area contributed by atoms with Crippen molar-refractivity contribution in [1.82, 2.24) is 5.32 Å². The number of benzene rings is 1. The van der Waals surface area contributed by atoms with Crippen LogP contribution in [0.3, 0.4) is 0 Å². The Hall–Kier alpha value is -1.88. The molecule has 5 heteroatoms. The number of carbonyl (C=O) groups is 1. The summed E-state index contributed by atoms with van der Waals surface area (Å²) in [4.78, 5) is 12.4. The van der Waals surface area contributed by atoms with Crippen LogP contribution in [-0.2, 0) is 15.6 Å². The van der Waals surface area contributed by atoms with Gasteiger partial charge in [-0.1, -0.05) is 36.8 Å². The van der Waals surface area contributed by atoms with Crippen molar-refractivity contribution in [3.8, 4) is 0 Å². The van der Waals surface area contributed by atoms with Crippen LogP contribution in [0.5, 0.6) is 0 Å². The zero-order valence-electron chi connectivity index (χ0n) is 13.3. The van der Waals surface area contributed by atoms with Gasteiger partial charge in [-0.2, -0.15) is 0 Å². The van der Waals surface area contributed by atoms with Gasteiger partial charge in [0.2, 0.25) is 0 Å². The first-order valence-electron chi connectivity index (χ1n) is 7.23. The molecule has 0 bridgehead atoms. The Labute approximate surface area is 133 Å². The molecule has 2 rings (SSSR count). The van der Waals surface area contributed by atoms with Crippen molar-refractivity contribution >= 4 is 16.8 Å². The van der Waals surface area contributed by atoms with Gasteiger partial charge in [0.15, 0.2) is 0 Å². The fourth-order valence-corrected chi connectivity index (χ4v) is 4.01. The Balaban J connectivity index is 2.66. The Bertz CT molecular complexity index is 686. The smallest absolute Gasteiger partial charge is 0.334 e. The Morgan fingerprint density at radius 1 is 1.18 bits per heavy atom. The van der Waals surface area contributed by atoms with Crippen molar-refractivity contribution in [2.24, 2.45) is 0 Å². The summed E-state index contributed by atoms with van der Waals surface area (Å²) in [6, 6.07) is 7.74. The molecule has 0 saturated heterocycles. The molecule has 0 radical (unpaired) electrons. The van der Waals surface area contributed by atoms with Gasteiger partial charge in [0.05, 0.1) is 22.3 Å². The highest BCUT2D eigenvalue weighted by Crippen LogP contribution is 2.39. The number of dihydropyridines is 1. The van der Waals surface area contributed by atoms with E-state index in [1.807, 2.05) is 45.0 Å². The zero-order chi connectivity index (χ0) is 16.4. The Morgan fingerprint density at radius 2 is 1.77 bits per heavy atom. The van der Waals surface area contributed by atoms with Gasteiger partial charge < -0.3 is 10.4 Å². The maximum atomic E-state index is 12.5. The first-order chi connectivity index (χ1) is 10.4. The molecule has 1 heterocycles. The van der Waals surface area contributed by atoms with Crippen molar-refractivity contribution in [2.45, 2.75) is 33.6 Å². The van der Waals surface area contributed by atoms with E-state index in [1.165, 1.54) is 0 Å². The van der Waals surface area contributed by atoms with Crippen molar-refractivity contribution in [3.05, 3.63) is 57.3 Å². The summed E-state index contributed by atoms with van der Waals surface area (Å²) >= 11 is 0. The fraction of sp³-hybridized carbons (Fsp3) is 0.353. The number of nitrogens with one attached hydrogen (secondary N) is 1. The lowest BCUT2D eigenvalue weighted by Crippen LogP contribution is -2.30. The highest BCUT2D eigenvalue weighted by molar-refractivity contribution is 7.89. The predicted octanol–water partition coefficient (Wildman–Crippen LogP) is 3.04. The van der Waals surface area contributed by atoms with Crippen molar-refractivity contribution in [3.63, 3.8) is 0 Å². The summed E-state index contributed by atoms with van der Waals surface area (Å²) in [5, 5.41) is 12.7. The van der Waals surface area contributed by atoms with Crippen LogP contribution in [0.25, 0.3) is 0 Å². The van der Waals surface area contributed by atoms with Crippen molar-refractivity contribution in [1.29, 1.82) is 0 Å². The highest BCUT2D eigenvalue weighted by atomic mass is 32.2. The molecular weight excluding hydrogens is 298 g/mol. The van der Waals surface area contributed by atoms with Gasteiger partial charge in [-0.15, -0.1) is 0 Å². The van der Waals surface area contributed by atoms with E-state index < -0.39 is 22.7 Å². The lowest BCUT2D eigenvalue weighted by atomic mass is 9.86. The predicted molar refractivity (Wildman–Crippen MR) is 88.8 cm³/mol. The number of hydrogen-bond donors (Lipinski definition) is 2. The zero-order valence-corrected chi connectivity index (χ0v) is 14.1. The Morgan fingerprint density at radius 3 is 2.27 bits per heavy atom. The van der Waals surface area contributed by atoms with E-state index in [0.29, 0.717) is 16.4 Å². The van der Waals surface area contributed by atoms with E-state index in [9.17, 15) is 14.1 Å². The van der Waals surface area contributed by atoms with E-state index in [0.717, 1.165) is 16.8 Å². The van der Waals surface area contributed by atoms with Crippen LogP contribution in [0.15, 0.2) is 46.1 Å². The van der Waals surface area contributed by atoms with Crippen LogP contribution in [0, 0.1) is 6.92 Å². The van der Waals surface area contributed by atoms with E-state index in [2.05, 4.69) is 5.32 Å². The average Bonchev–Trinajstić information content (AvgIpc) is 2.46. The maximum absolute atomic E-state index is 12.5. The summed E-state index contributed by atoms with van der Waals surface area (Å²) in [5.74, 6) is -0.989. The van der Waals surface area contributed by atoms with Gasteiger partial charge in [0.1, 0.15) is 0 Å². The summed E-state index contributed by atoms with van der Waals surface area (Å²) in [5.41, 5.74) is 3.63. The van der Waals surface area contributed by atoms with E-state index in [1.54, 1.807) is 6.92 Å². The molecule has 1 aliphatic heterocycles. The van der Waals surface area contributed by atoms with Crippen LogP contribution in [0.1, 0.15) is 37.8 Å². The first-order valence-corrected chi connectivity index (χ1v) is 8.55. The summed E-state index contributed by atoms with van der Waals surface area (Å²) < 4.78 is 12.5. The quantitative estimate of drug-likeness (QED) is 0.895. The third kappa shape index (κ3) is 2.99. The van der Waals surface area contributed by atoms with Crippen LogP contribution < -0.4 is 5.32 Å². The van der Waals surface area contributed by atoms with Crippen LogP contribution in [-0.4, -0.2) is 21.0 Å². The SMILES string of the molecule is CCS(=O)C1=C(C)NC(C)=C(C(=O)O)C1c1ccc(C)cc1. The molecule has 2 unspecified atom stereocenters. The molecule has 0 spiro atoms. The van der Waals surface area contributed by atoms with Gasteiger partial charge in [-0.25, -0.2) is 4.79 Å². The minimum atomic E-state index is -1.21. The monoisotopic (exact) mass is 319 g/mol. The minimum absolute atomic E-state index is 0.270. The normalized spacial score (nSPS) is 19.9. The van der Waals surface area contributed by atoms with Gasteiger partial charge in [0, 0.05) is 22.1 Å². The molecule has 1 aliphatic rings. The van der Waals surface area contributed by atoms with Gasteiger partial charge in [-0.05, 0) is 26.3 Å². The molecule has 2 N–H and O–H groups in total. The standard InChI is InChI=1S/C17H21NO3S/c1-5-22(21)16-12(4)18-11(3)14(17(19)20)15(16)13-8-6-10(2)7-9-13/h6-9,15,18H,5H2,1-4H3,(H,19,20). The third-order valence-electron chi connectivity index (χ3n) is 3.85. The molecule has 1 aromatic rings. The molecule has 2 atom stereocenters. The van der Waals surface area contributed by atoms with E-state index in [4.69, 9.17) is 0 Å². The van der Waals surface area contributed by atoms with E-state index in [-0.39, 0.29) is 5.57 Å². The number of aliphatic carboxylic acids is 1. The molecule has 0 amide bonds. The molecule has 1 aromatic carbocycles.